The Kier molecular flexibility index (Phi) is 8.42. The van der Waals surface area contributed by atoms with Gasteiger partial charge in [0.2, 0.25) is 21.8 Å². The summed E-state index contributed by atoms with van der Waals surface area (Å²) in [6.45, 7) is 4.34. The van der Waals surface area contributed by atoms with E-state index < -0.39 is 16.0 Å². The number of nitrogens with one attached hydrogen (secondary N) is 1. The molecule has 3 rings (SSSR count). The minimum atomic E-state index is -3.56. The first-order valence-corrected chi connectivity index (χ1v) is 12.8. The molecule has 0 aliphatic carbocycles. The molecule has 0 atom stereocenters. The van der Waals surface area contributed by atoms with Crippen LogP contribution in [-0.4, -0.2) is 60.7 Å². The average Bonchev–Trinajstić information content (AvgIpc) is 3.32. The van der Waals surface area contributed by atoms with Crippen molar-refractivity contribution in [3.05, 3.63) is 54.1 Å². The van der Waals surface area contributed by atoms with Crippen LogP contribution in [0.15, 0.2) is 63.1 Å². The van der Waals surface area contributed by atoms with E-state index in [-0.39, 0.29) is 27.7 Å². The van der Waals surface area contributed by atoms with Gasteiger partial charge in [0.25, 0.3) is 5.22 Å². The van der Waals surface area contributed by atoms with Gasteiger partial charge in [-0.3, -0.25) is 4.79 Å². The van der Waals surface area contributed by atoms with Crippen LogP contribution >= 0.6 is 11.8 Å². The maximum atomic E-state index is 12.6. The van der Waals surface area contributed by atoms with Gasteiger partial charge in [-0.2, -0.15) is 4.31 Å². The first-order chi connectivity index (χ1) is 16.3. The Morgan fingerprint density at radius 1 is 1.09 bits per heavy atom. The number of carbonyl (C=O) groups excluding carboxylic acids is 2. The summed E-state index contributed by atoms with van der Waals surface area (Å²) in [6.07, 6.45) is 0. The summed E-state index contributed by atoms with van der Waals surface area (Å²) in [6, 6.07) is 12.6. The average molecular weight is 505 g/mol. The molecule has 0 unspecified atom stereocenters. The lowest BCUT2D eigenvalue weighted by molar-refractivity contribution is -0.113. The number of aromatic nitrogens is 2. The predicted octanol–water partition coefficient (Wildman–Crippen LogP) is 3.28. The van der Waals surface area contributed by atoms with Gasteiger partial charge >= 0.3 is 5.97 Å². The zero-order valence-electron chi connectivity index (χ0n) is 18.8. The maximum absolute atomic E-state index is 12.6. The largest absolute Gasteiger partial charge is 0.465 e. The molecule has 1 aromatic heterocycles. The van der Waals surface area contributed by atoms with Crippen LogP contribution in [0.2, 0.25) is 0 Å². The van der Waals surface area contributed by atoms with Gasteiger partial charge in [-0.25, -0.2) is 13.2 Å². The third-order valence-corrected chi connectivity index (χ3v) is 7.63. The number of esters is 1. The molecule has 0 radical (unpaired) electrons. The standard InChI is InChI=1S/C22H24N4O6S2/c1-4-26(5-2)34(29,30)18-11-9-15(10-12-18)20-24-25-22(32-20)33-14-19(27)23-17-8-6-7-16(13-17)21(28)31-3/h6-13H,4-5,14H2,1-3H3,(H,23,27). The zero-order valence-corrected chi connectivity index (χ0v) is 20.5. The number of methoxy groups -OCH3 is 1. The monoisotopic (exact) mass is 504 g/mol. The van der Waals surface area contributed by atoms with Gasteiger partial charge in [0.1, 0.15) is 0 Å². The van der Waals surface area contributed by atoms with Gasteiger partial charge in [-0.15, -0.1) is 10.2 Å². The third kappa shape index (κ3) is 6.01. The Morgan fingerprint density at radius 3 is 2.44 bits per heavy atom. The number of hydrogen-bond acceptors (Lipinski definition) is 9. The molecular weight excluding hydrogens is 480 g/mol. The van der Waals surface area contributed by atoms with E-state index >= 15 is 0 Å². The molecule has 0 spiro atoms. The fraction of sp³-hybridized carbons (Fsp3) is 0.273. The molecule has 180 valence electrons. The van der Waals surface area contributed by atoms with Crippen molar-refractivity contribution in [1.29, 1.82) is 0 Å². The van der Waals surface area contributed by atoms with E-state index in [1.54, 1.807) is 44.2 Å². The lowest BCUT2D eigenvalue weighted by Crippen LogP contribution is -2.30. The minimum absolute atomic E-state index is 0.00510. The van der Waals surface area contributed by atoms with Crippen LogP contribution in [-0.2, 0) is 19.6 Å². The molecule has 0 bridgehead atoms. The maximum Gasteiger partial charge on any atom is 0.337 e. The van der Waals surface area contributed by atoms with Crippen LogP contribution in [0.1, 0.15) is 24.2 Å². The summed E-state index contributed by atoms with van der Waals surface area (Å²) in [5.74, 6) is -0.605. The van der Waals surface area contributed by atoms with Gasteiger partial charge in [-0.1, -0.05) is 31.7 Å². The molecule has 1 N–H and O–H groups in total. The van der Waals surface area contributed by atoms with Crippen molar-refractivity contribution in [1.82, 2.24) is 14.5 Å². The van der Waals surface area contributed by atoms with E-state index in [0.717, 1.165) is 11.8 Å². The fourth-order valence-electron chi connectivity index (χ4n) is 3.03. The highest BCUT2D eigenvalue weighted by molar-refractivity contribution is 7.99. The second kappa shape index (κ2) is 11.3. The number of ether oxygens (including phenoxy) is 1. The van der Waals surface area contributed by atoms with Gasteiger partial charge in [0.05, 0.1) is 23.3 Å². The molecule has 1 heterocycles. The number of nitrogens with zero attached hydrogens (tertiary/aromatic N) is 3. The van der Waals surface area contributed by atoms with E-state index in [4.69, 9.17) is 4.42 Å². The van der Waals surface area contributed by atoms with E-state index in [1.165, 1.54) is 29.6 Å². The first-order valence-electron chi connectivity index (χ1n) is 10.3. The van der Waals surface area contributed by atoms with Gasteiger partial charge in [-0.05, 0) is 42.5 Å². The number of thioether (sulfide) groups is 1. The number of anilines is 1. The van der Waals surface area contributed by atoms with Crippen molar-refractivity contribution < 1.29 is 27.2 Å². The molecule has 34 heavy (non-hydrogen) atoms. The lowest BCUT2D eigenvalue weighted by atomic mass is 10.2. The molecule has 3 aromatic rings. The first kappa shape index (κ1) is 25.4. The van der Waals surface area contributed by atoms with Crippen LogP contribution in [0.3, 0.4) is 0 Å². The number of amides is 1. The van der Waals surface area contributed by atoms with E-state index in [2.05, 4.69) is 20.3 Å². The van der Waals surface area contributed by atoms with Gasteiger partial charge in [0, 0.05) is 24.3 Å². The number of rotatable bonds is 10. The molecule has 2 aromatic carbocycles. The smallest absolute Gasteiger partial charge is 0.337 e. The summed E-state index contributed by atoms with van der Waals surface area (Å²) in [5.41, 5.74) is 1.34. The Hall–Kier alpha value is -3.22. The summed E-state index contributed by atoms with van der Waals surface area (Å²) in [5, 5.41) is 10.8. The number of carbonyl (C=O) groups is 2. The van der Waals surface area contributed by atoms with E-state index in [0.29, 0.717) is 29.9 Å². The molecular formula is C22H24N4O6S2. The van der Waals surface area contributed by atoms with E-state index in [1.807, 2.05) is 0 Å². The summed E-state index contributed by atoms with van der Waals surface area (Å²) in [4.78, 5) is 24.0. The Labute approximate surface area is 201 Å². The fourth-order valence-corrected chi connectivity index (χ4v) is 5.05. The second-order valence-electron chi connectivity index (χ2n) is 6.90. The second-order valence-corrected chi connectivity index (χ2v) is 9.76. The van der Waals surface area contributed by atoms with Crippen LogP contribution in [0, 0.1) is 0 Å². The highest BCUT2D eigenvalue weighted by Gasteiger charge is 2.22. The van der Waals surface area contributed by atoms with Crippen molar-refractivity contribution in [3.63, 3.8) is 0 Å². The Bertz CT molecular complexity index is 1250. The molecule has 0 fully saturated rings. The number of benzene rings is 2. The normalized spacial score (nSPS) is 11.4. The third-order valence-electron chi connectivity index (χ3n) is 4.75. The summed E-state index contributed by atoms with van der Waals surface area (Å²) < 4.78 is 36.8. The zero-order chi connectivity index (χ0) is 24.7. The number of sulfonamides is 1. The minimum Gasteiger partial charge on any atom is -0.465 e. The quantitative estimate of drug-likeness (QED) is 0.326. The molecule has 1 amide bonds. The van der Waals surface area contributed by atoms with Gasteiger partial charge < -0.3 is 14.5 Å². The summed E-state index contributed by atoms with van der Waals surface area (Å²) >= 11 is 1.05. The molecule has 0 aliphatic heterocycles. The van der Waals surface area contributed by atoms with Crippen LogP contribution < -0.4 is 5.32 Å². The predicted molar refractivity (Wildman–Crippen MR) is 127 cm³/mol. The highest BCUT2D eigenvalue weighted by atomic mass is 32.2. The van der Waals surface area contributed by atoms with Gasteiger partial charge in [0.15, 0.2) is 0 Å². The van der Waals surface area contributed by atoms with Crippen molar-refractivity contribution in [2.75, 3.05) is 31.3 Å². The molecule has 0 aliphatic rings. The topological polar surface area (TPSA) is 132 Å². The Morgan fingerprint density at radius 2 is 1.79 bits per heavy atom. The highest BCUT2D eigenvalue weighted by Crippen LogP contribution is 2.25. The van der Waals surface area contributed by atoms with E-state index in [9.17, 15) is 18.0 Å². The Balaban J connectivity index is 1.60. The van der Waals surface area contributed by atoms with Crippen molar-refractivity contribution in [2.45, 2.75) is 24.0 Å². The SMILES string of the molecule is CCN(CC)S(=O)(=O)c1ccc(-c2nnc(SCC(=O)Nc3cccc(C(=O)OC)c3)o2)cc1. The lowest BCUT2D eigenvalue weighted by Gasteiger charge is -2.18. The summed E-state index contributed by atoms with van der Waals surface area (Å²) in [7, 11) is -2.27. The molecule has 10 nitrogen and oxygen atoms in total. The van der Waals surface area contributed by atoms with Crippen LogP contribution in [0.4, 0.5) is 5.69 Å². The molecule has 0 saturated carbocycles. The molecule has 12 heteroatoms. The molecule has 0 saturated heterocycles. The number of hydrogen-bond donors (Lipinski definition) is 1. The van der Waals surface area contributed by atoms with Crippen LogP contribution in [0.25, 0.3) is 11.5 Å². The van der Waals surface area contributed by atoms with Crippen molar-refractivity contribution in [3.8, 4) is 11.5 Å². The van der Waals surface area contributed by atoms with Crippen LogP contribution in [0.5, 0.6) is 0 Å². The van der Waals surface area contributed by atoms with Crippen molar-refractivity contribution >= 4 is 39.3 Å². The van der Waals surface area contributed by atoms with Crippen molar-refractivity contribution in [2.24, 2.45) is 0 Å².